The minimum absolute atomic E-state index is 0.0157. The molecule has 0 saturated carbocycles. The van der Waals surface area contributed by atoms with E-state index in [2.05, 4.69) is 5.32 Å². The number of anilines is 2. The molecule has 170 valence electrons. The van der Waals surface area contributed by atoms with Gasteiger partial charge < -0.3 is 19.7 Å². The molecule has 0 atom stereocenters. The number of nitrogens with zero attached hydrogens (tertiary/aromatic N) is 1. The predicted molar refractivity (Wildman–Crippen MR) is 129 cm³/mol. The SMILES string of the molecule is Cc1ccc(C(=O)Nc2ccc3c(c2)N(CCCCOc2ccccc2C)C(=O)CO3)cc1. The first-order chi connectivity index (χ1) is 16.0. The van der Waals surface area contributed by atoms with E-state index >= 15 is 0 Å². The van der Waals surface area contributed by atoms with E-state index in [0.717, 1.165) is 29.7 Å². The quantitative estimate of drug-likeness (QED) is 0.489. The van der Waals surface area contributed by atoms with Gasteiger partial charge in [-0.1, -0.05) is 35.9 Å². The average molecular weight is 445 g/mol. The summed E-state index contributed by atoms with van der Waals surface area (Å²) in [6.07, 6.45) is 1.61. The molecule has 6 nitrogen and oxygen atoms in total. The maximum absolute atomic E-state index is 12.6. The molecule has 4 rings (SSSR count). The van der Waals surface area contributed by atoms with Crippen LogP contribution in [0, 0.1) is 13.8 Å². The van der Waals surface area contributed by atoms with Gasteiger partial charge in [0.1, 0.15) is 11.5 Å². The molecule has 2 amide bonds. The van der Waals surface area contributed by atoms with Crippen molar-refractivity contribution < 1.29 is 19.1 Å². The number of aryl methyl sites for hydroxylation is 2. The highest BCUT2D eigenvalue weighted by atomic mass is 16.5. The maximum atomic E-state index is 12.6. The Kier molecular flexibility index (Phi) is 6.93. The van der Waals surface area contributed by atoms with Gasteiger partial charge in [-0.3, -0.25) is 9.59 Å². The van der Waals surface area contributed by atoms with Crippen molar-refractivity contribution in [1.29, 1.82) is 0 Å². The topological polar surface area (TPSA) is 67.9 Å². The number of unbranched alkanes of at least 4 members (excludes halogenated alkanes) is 1. The average Bonchev–Trinajstić information content (AvgIpc) is 2.81. The van der Waals surface area contributed by atoms with Crippen molar-refractivity contribution in [3.05, 3.63) is 83.4 Å². The van der Waals surface area contributed by atoms with Crippen LogP contribution in [0.1, 0.15) is 34.3 Å². The molecule has 0 radical (unpaired) electrons. The van der Waals surface area contributed by atoms with Crippen LogP contribution in [-0.4, -0.2) is 31.6 Å². The molecule has 1 N–H and O–H groups in total. The lowest BCUT2D eigenvalue weighted by Crippen LogP contribution is -2.39. The van der Waals surface area contributed by atoms with Gasteiger partial charge >= 0.3 is 0 Å². The molecule has 0 fully saturated rings. The molecular weight excluding hydrogens is 416 g/mol. The first kappa shape index (κ1) is 22.4. The highest BCUT2D eigenvalue weighted by Crippen LogP contribution is 2.35. The van der Waals surface area contributed by atoms with Crippen molar-refractivity contribution >= 4 is 23.2 Å². The second-order valence-corrected chi connectivity index (χ2v) is 8.16. The fourth-order valence-electron chi connectivity index (χ4n) is 3.71. The maximum Gasteiger partial charge on any atom is 0.265 e. The van der Waals surface area contributed by atoms with E-state index in [4.69, 9.17) is 9.47 Å². The number of benzene rings is 3. The van der Waals surface area contributed by atoms with E-state index in [1.165, 1.54) is 0 Å². The largest absolute Gasteiger partial charge is 0.493 e. The summed E-state index contributed by atoms with van der Waals surface area (Å²) in [6.45, 7) is 5.16. The molecule has 1 aliphatic heterocycles. The van der Waals surface area contributed by atoms with Crippen LogP contribution in [0.2, 0.25) is 0 Å². The zero-order chi connectivity index (χ0) is 23.2. The van der Waals surface area contributed by atoms with Gasteiger partial charge in [-0.05, 0) is 68.7 Å². The summed E-state index contributed by atoms with van der Waals surface area (Å²) >= 11 is 0. The fourth-order valence-corrected chi connectivity index (χ4v) is 3.71. The molecular formula is C27H28N2O4. The summed E-state index contributed by atoms with van der Waals surface area (Å²) in [6, 6.07) is 20.7. The summed E-state index contributed by atoms with van der Waals surface area (Å²) in [4.78, 5) is 26.9. The molecule has 3 aromatic carbocycles. The third-order valence-corrected chi connectivity index (χ3v) is 5.60. The van der Waals surface area contributed by atoms with Crippen molar-refractivity contribution in [1.82, 2.24) is 0 Å². The standard InChI is InChI=1S/C27H28N2O4/c1-19-9-11-21(12-10-19)27(31)28-22-13-14-25-23(17-22)29(26(30)18-33-25)15-5-6-16-32-24-8-4-3-7-20(24)2/h3-4,7-14,17H,5-6,15-16,18H2,1-2H3,(H,28,31). The summed E-state index contributed by atoms with van der Waals surface area (Å²) < 4.78 is 11.5. The number of nitrogens with one attached hydrogen (secondary N) is 1. The number of hydrogen-bond acceptors (Lipinski definition) is 4. The minimum atomic E-state index is -0.196. The van der Waals surface area contributed by atoms with Crippen molar-refractivity contribution in [3.63, 3.8) is 0 Å². The lowest BCUT2D eigenvalue weighted by molar-refractivity contribution is -0.121. The number of amides is 2. The van der Waals surface area contributed by atoms with Crippen molar-refractivity contribution in [3.8, 4) is 11.5 Å². The first-order valence-corrected chi connectivity index (χ1v) is 11.1. The number of fused-ring (bicyclic) bond motifs is 1. The van der Waals surface area contributed by atoms with Crippen molar-refractivity contribution in [2.75, 3.05) is 30.0 Å². The van der Waals surface area contributed by atoms with E-state index in [1.807, 2.05) is 50.2 Å². The first-order valence-electron chi connectivity index (χ1n) is 11.1. The van der Waals surface area contributed by atoms with Gasteiger partial charge in [0.25, 0.3) is 11.8 Å². The van der Waals surface area contributed by atoms with Crippen LogP contribution in [0.4, 0.5) is 11.4 Å². The second kappa shape index (κ2) is 10.2. The summed E-state index contributed by atoms with van der Waals surface area (Å²) in [5, 5.41) is 2.91. The predicted octanol–water partition coefficient (Wildman–Crippen LogP) is 5.14. The lowest BCUT2D eigenvalue weighted by Gasteiger charge is -2.30. The summed E-state index contributed by atoms with van der Waals surface area (Å²) in [7, 11) is 0. The van der Waals surface area contributed by atoms with E-state index in [-0.39, 0.29) is 18.4 Å². The number of rotatable bonds is 8. The Bertz CT molecular complexity index is 1140. The molecule has 0 aliphatic carbocycles. The summed E-state index contributed by atoms with van der Waals surface area (Å²) in [5.41, 5.74) is 4.07. The van der Waals surface area contributed by atoms with Crippen molar-refractivity contribution in [2.24, 2.45) is 0 Å². The Hall–Kier alpha value is -3.80. The van der Waals surface area contributed by atoms with Gasteiger partial charge in [0.2, 0.25) is 0 Å². The Balaban J connectivity index is 1.37. The Morgan fingerprint density at radius 1 is 1.03 bits per heavy atom. The monoisotopic (exact) mass is 444 g/mol. The third kappa shape index (κ3) is 5.52. The zero-order valence-corrected chi connectivity index (χ0v) is 19.0. The van der Waals surface area contributed by atoms with Gasteiger partial charge in [0, 0.05) is 17.8 Å². The highest BCUT2D eigenvalue weighted by molar-refractivity contribution is 6.05. The zero-order valence-electron chi connectivity index (χ0n) is 19.0. The molecule has 3 aromatic rings. The number of carbonyl (C=O) groups is 2. The van der Waals surface area contributed by atoms with Gasteiger partial charge in [-0.2, -0.15) is 0 Å². The molecule has 0 aromatic heterocycles. The fraction of sp³-hybridized carbons (Fsp3) is 0.259. The Morgan fingerprint density at radius 2 is 1.82 bits per heavy atom. The Labute approximate surface area is 194 Å². The number of para-hydroxylation sites is 1. The molecule has 0 bridgehead atoms. The molecule has 0 spiro atoms. The number of hydrogen-bond donors (Lipinski definition) is 1. The summed E-state index contributed by atoms with van der Waals surface area (Å²) in [5.74, 6) is 1.24. The third-order valence-electron chi connectivity index (χ3n) is 5.60. The lowest BCUT2D eigenvalue weighted by atomic mass is 10.1. The van der Waals surface area contributed by atoms with Crippen LogP contribution >= 0.6 is 0 Å². The van der Waals surface area contributed by atoms with Crippen LogP contribution < -0.4 is 19.7 Å². The second-order valence-electron chi connectivity index (χ2n) is 8.16. The molecule has 1 aliphatic rings. The van der Waals surface area contributed by atoms with Crippen LogP contribution in [0.25, 0.3) is 0 Å². The normalized spacial score (nSPS) is 12.7. The van der Waals surface area contributed by atoms with Crippen molar-refractivity contribution in [2.45, 2.75) is 26.7 Å². The molecule has 1 heterocycles. The van der Waals surface area contributed by atoms with Crippen LogP contribution in [-0.2, 0) is 4.79 Å². The van der Waals surface area contributed by atoms with Gasteiger partial charge in [-0.15, -0.1) is 0 Å². The molecule has 6 heteroatoms. The smallest absolute Gasteiger partial charge is 0.265 e. The molecule has 33 heavy (non-hydrogen) atoms. The van der Waals surface area contributed by atoms with Gasteiger partial charge in [0.05, 0.1) is 12.3 Å². The minimum Gasteiger partial charge on any atom is -0.493 e. The highest BCUT2D eigenvalue weighted by Gasteiger charge is 2.25. The molecule has 0 saturated heterocycles. The Morgan fingerprint density at radius 3 is 2.61 bits per heavy atom. The van der Waals surface area contributed by atoms with Crippen LogP contribution in [0.3, 0.4) is 0 Å². The number of ether oxygens (including phenoxy) is 2. The van der Waals surface area contributed by atoms with E-state index in [1.54, 1.807) is 35.2 Å². The van der Waals surface area contributed by atoms with Gasteiger partial charge in [-0.25, -0.2) is 0 Å². The number of carbonyl (C=O) groups excluding carboxylic acids is 2. The van der Waals surface area contributed by atoms with Crippen LogP contribution in [0.15, 0.2) is 66.7 Å². The van der Waals surface area contributed by atoms with E-state index in [0.29, 0.717) is 35.8 Å². The van der Waals surface area contributed by atoms with Crippen LogP contribution in [0.5, 0.6) is 11.5 Å². The van der Waals surface area contributed by atoms with Gasteiger partial charge in [0.15, 0.2) is 6.61 Å². The van der Waals surface area contributed by atoms with E-state index in [9.17, 15) is 9.59 Å². The molecule has 0 unspecified atom stereocenters. The van der Waals surface area contributed by atoms with E-state index < -0.39 is 0 Å².